The Labute approximate surface area is 165 Å². The van der Waals surface area contributed by atoms with Gasteiger partial charge in [-0.15, -0.1) is 0 Å². The number of hydrogen-bond donors (Lipinski definition) is 2. The van der Waals surface area contributed by atoms with Crippen LogP contribution in [-0.4, -0.2) is 31.1 Å². The minimum Gasteiger partial charge on any atom is -0.477 e. The molecular formula is C22H27FN4O. The zero-order chi connectivity index (χ0) is 19.4. The molecule has 0 bridgehead atoms. The number of pyridine rings is 1. The molecule has 1 heterocycles. The molecule has 2 aromatic rings. The maximum atomic E-state index is 14.1. The van der Waals surface area contributed by atoms with Gasteiger partial charge >= 0.3 is 0 Å². The molecule has 1 aromatic carbocycles. The number of nitrogens with one attached hydrogen (secondary N) is 2. The second-order valence-electron chi connectivity index (χ2n) is 7.80. The van der Waals surface area contributed by atoms with E-state index in [1.54, 1.807) is 13.1 Å². The highest BCUT2D eigenvalue weighted by molar-refractivity contribution is 5.79. The fourth-order valence-electron chi connectivity index (χ4n) is 3.33. The fraction of sp³-hybridized carbons (Fsp3) is 0.455. The topological polar surface area (TPSA) is 58.5 Å². The second-order valence-corrected chi connectivity index (χ2v) is 7.80. The van der Waals surface area contributed by atoms with E-state index in [2.05, 4.69) is 20.6 Å². The summed E-state index contributed by atoms with van der Waals surface area (Å²) in [6.45, 7) is 2.05. The average Bonchev–Trinajstić information content (AvgIpc) is 3.64. The molecule has 148 valence electrons. The van der Waals surface area contributed by atoms with E-state index in [1.807, 2.05) is 30.5 Å². The Hall–Kier alpha value is -2.63. The van der Waals surface area contributed by atoms with Crippen molar-refractivity contribution in [2.45, 2.75) is 37.6 Å². The van der Waals surface area contributed by atoms with Gasteiger partial charge in [0.05, 0.1) is 6.61 Å². The van der Waals surface area contributed by atoms with Crippen molar-refractivity contribution in [2.24, 2.45) is 10.9 Å². The molecule has 0 saturated heterocycles. The van der Waals surface area contributed by atoms with Crippen LogP contribution < -0.4 is 15.4 Å². The van der Waals surface area contributed by atoms with Gasteiger partial charge in [-0.25, -0.2) is 9.37 Å². The first-order valence-corrected chi connectivity index (χ1v) is 9.96. The number of rotatable bonds is 8. The van der Waals surface area contributed by atoms with Crippen LogP contribution in [0, 0.1) is 11.7 Å². The predicted octanol–water partition coefficient (Wildman–Crippen LogP) is 3.41. The highest BCUT2D eigenvalue weighted by atomic mass is 19.1. The molecule has 0 amide bonds. The van der Waals surface area contributed by atoms with Gasteiger partial charge in [-0.2, -0.15) is 0 Å². The number of aliphatic imine (C=N–C) groups is 1. The third-order valence-corrected chi connectivity index (χ3v) is 5.54. The van der Waals surface area contributed by atoms with Crippen LogP contribution in [0.5, 0.6) is 5.88 Å². The summed E-state index contributed by atoms with van der Waals surface area (Å²) in [5, 5.41) is 6.64. The van der Waals surface area contributed by atoms with E-state index in [9.17, 15) is 4.39 Å². The van der Waals surface area contributed by atoms with Gasteiger partial charge in [0.1, 0.15) is 5.82 Å². The maximum absolute atomic E-state index is 14.1. The molecule has 2 aliphatic rings. The molecule has 6 heteroatoms. The van der Waals surface area contributed by atoms with E-state index in [0.29, 0.717) is 24.9 Å². The number of guanidine groups is 1. The zero-order valence-electron chi connectivity index (χ0n) is 16.2. The summed E-state index contributed by atoms with van der Waals surface area (Å²) >= 11 is 0. The van der Waals surface area contributed by atoms with Crippen LogP contribution in [-0.2, 0) is 12.0 Å². The van der Waals surface area contributed by atoms with Gasteiger partial charge in [-0.3, -0.25) is 4.99 Å². The van der Waals surface area contributed by atoms with Crippen LogP contribution in [0.1, 0.15) is 36.8 Å². The second kappa shape index (κ2) is 8.17. The first kappa shape index (κ1) is 18.7. The lowest BCUT2D eigenvalue weighted by Crippen LogP contribution is -2.41. The van der Waals surface area contributed by atoms with Gasteiger partial charge in [0.15, 0.2) is 5.96 Å². The van der Waals surface area contributed by atoms with Crippen molar-refractivity contribution in [1.29, 1.82) is 0 Å². The fourth-order valence-corrected chi connectivity index (χ4v) is 3.33. The van der Waals surface area contributed by atoms with E-state index >= 15 is 0 Å². The Morgan fingerprint density at radius 1 is 1.21 bits per heavy atom. The first-order chi connectivity index (χ1) is 13.7. The summed E-state index contributed by atoms with van der Waals surface area (Å²) in [7, 11) is 1.74. The molecule has 28 heavy (non-hydrogen) atoms. The molecule has 2 fully saturated rings. The standard InChI is InChI=1S/C22H27FN4O/c1-24-21(27-15-22(10-11-22)18-4-2-3-5-19(18)23)26-13-17-8-9-20(25-12-17)28-14-16-6-7-16/h2-5,8-9,12,16H,6-7,10-11,13-15H2,1H3,(H2,24,26,27). The van der Waals surface area contributed by atoms with Crippen molar-refractivity contribution in [2.75, 3.05) is 20.2 Å². The van der Waals surface area contributed by atoms with Crippen LogP contribution in [0.2, 0.25) is 0 Å². The van der Waals surface area contributed by atoms with Crippen LogP contribution in [0.15, 0.2) is 47.6 Å². The van der Waals surface area contributed by atoms with Crippen LogP contribution in [0.25, 0.3) is 0 Å². The van der Waals surface area contributed by atoms with Crippen molar-refractivity contribution in [3.8, 4) is 5.88 Å². The van der Waals surface area contributed by atoms with E-state index in [-0.39, 0.29) is 11.2 Å². The van der Waals surface area contributed by atoms with Crippen molar-refractivity contribution in [3.63, 3.8) is 0 Å². The minimum absolute atomic E-state index is 0.120. The highest BCUT2D eigenvalue weighted by Crippen LogP contribution is 2.48. The van der Waals surface area contributed by atoms with Gasteiger partial charge in [0.2, 0.25) is 5.88 Å². The Bertz CT molecular complexity index is 829. The quantitative estimate of drug-likeness (QED) is 0.543. The molecule has 0 aliphatic heterocycles. The van der Waals surface area contributed by atoms with E-state index in [4.69, 9.17) is 4.74 Å². The third-order valence-electron chi connectivity index (χ3n) is 5.54. The summed E-state index contributed by atoms with van der Waals surface area (Å²) in [5.74, 6) is 1.98. The molecule has 0 unspecified atom stereocenters. The van der Waals surface area contributed by atoms with Crippen LogP contribution >= 0.6 is 0 Å². The number of ether oxygens (including phenoxy) is 1. The predicted molar refractivity (Wildman–Crippen MR) is 108 cm³/mol. The molecule has 5 nitrogen and oxygen atoms in total. The van der Waals surface area contributed by atoms with Gasteiger partial charge < -0.3 is 15.4 Å². The van der Waals surface area contributed by atoms with Gasteiger partial charge in [0.25, 0.3) is 0 Å². The molecule has 2 N–H and O–H groups in total. The van der Waals surface area contributed by atoms with E-state index in [1.165, 1.54) is 18.9 Å². The molecule has 2 saturated carbocycles. The van der Waals surface area contributed by atoms with Crippen molar-refractivity contribution in [3.05, 3.63) is 59.5 Å². The summed E-state index contributed by atoms with van der Waals surface area (Å²) in [4.78, 5) is 8.64. The van der Waals surface area contributed by atoms with Crippen LogP contribution in [0.4, 0.5) is 4.39 Å². The molecular weight excluding hydrogens is 355 g/mol. The minimum atomic E-state index is -0.125. The van der Waals surface area contributed by atoms with Gasteiger partial charge in [-0.05, 0) is 48.8 Å². The summed E-state index contributed by atoms with van der Waals surface area (Å²) in [6.07, 6.45) is 6.34. The maximum Gasteiger partial charge on any atom is 0.213 e. The number of aromatic nitrogens is 1. The average molecular weight is 382 g/mol. The largest absolute Gasteiger partial charge is 0.477 e. The molecule has 0 radical (unpaired) electrons. The highest BCUT2D eigenvalue weighted by Gasteiger charge is 2.45. The number of nitrogens with zero attached hydrogens (tertiary/aromatic N) is 2. The van der Waals surface area contributed by atoms with E-state index < -0.39 is 0 Å². The van der Waals surface area contributed by atoms with Crippen molar-refractivity contribution in [1.82, 2.24) is 15.6 Å². The normalized spacial score (nSPS) is 17.9. The number of benzene rings is 1. The molecule has 0 atom stereocenters. The summed E-state index contributed by atoms with van der Waals surface area (Å²) < 4.78 is 19.8. The Kier molecular flexibility index (Phi) is 5.46. The Morgan fingerprint density at radius 3 is 2.68 bits per heavy atom. The lowest BCUT2D eigenvalue weighted by molar-refractivity contribution is 0.288. The Morgan fingerprint density at radius 2 is 2.04 bits per heavy atom. The lowest BCUT2D eigenvalue weighted by atomic mass is 9.95. The van der Waals surface area contributed by atoms with Crippen molar-refractivity contribution >= 4 is 5.96 Å². The van der Waals surface area contributed by atoms with Gasteiger partial charge in [0, 0.05) is 37.8 Å². The van der Waals surface area contributed by atoms with Gasteiger partial charge in [-0.1, -0.05) is 24.3 Å². The SMILES string of the molecule is CN=C(NCc1ccc(OCC2CC2)nc1)NCC1(c2ccccc2F)CC1. The molecule has 1 aromatic heterocycles. The Balaban J connectivity index is 1.26. The number of halogens is 1. The summed E-state index contributed by atoms with van der Waals surface area (Å²) in [5.41, 5.74) is 1.73. The third kappa shape index (κ3) is 4.61. The first-order valence-electron chi connectivity index (χ1n) is 9.96. The van der Waals surface area contributed by atoms with Crippen molar-refractivity contribution < 1.29 is 9.13 Å². The smallest absolute Gasteiger partial charge is 0.213 e. The molecule has 4 rings (SSSR count). The molecule has 2 aliphatic carbocycles. The zero-order valence-corrected chi connectivity index (χ0v) is 16.2. The number of hydrogen-bond acceptors (Lipinski definition) is 3. The lowest BCUT2D eigenvalue weighted by Gasteiger charge is -2.19. The molecule has 0 spiro atoms. The summed E-state index contributed by atoms with van der Waals surface area (Å²) in [6, 6.07) is 11.0. The van der Waals surface area contributed by atoms with Crippen LogP contribution in [0.3, 0.4) is 0 Å². The van der Waals surface area contributed by atoms with E-state index in [0.717, 1.165) is 36.5 Å². The monoisotopic (exact) mass is 382 g/mol.